The molecule has 244 valence electrons. The van der Waals surface area contributed by atoms with E-state index in [0.29, 0.717) is 24.3 Å². The molecule has 14 heteroatoms. The fraction of sp³-hybridized carbons (Fsp3) is 0.469. The second kappa shape index (κ2) is 12.9. The van der Waals surface area contributed by atoms with Crippen molar-refractivity contribution >= 4 is 23.6 Å². The van der Waals surface area contributed by atoms with Gasteiger partial charge < -0.3 is 20.3 Å². The Morgan fingerprint density at radius 3 is 2.46 bits per heavy atom. The van der Waals surface area contributed by atoms with E-state index in [2.05, 4.69) is 36.0 Å². The van der Waals surface area contributed by atoms with Gasteiger partial charge in [0.1, 0.15) is 11.3 Å². The van der Waals surface area contributed by atoms with Crippen LogP contribution in [0.4, 0.5) is 20.8 Å². The van der Waals surface area contributed by atoms with Crippen molar-refractivity contribution in [3.05, 3.63) is 65.6 Å². The normalized spacial score (nSPS) is 14.3. The molecule has 2 N–H and O–H groups in total. The lowest BCUT2D eigenvalue weighted by Crippen LogP contribution is -2.42. The summed E-state index contributed by atoms with van der Waals surface area (Å²) >= 11 is 0. The summed E-state index contributed by atoms with van der Waals surface area (Å²) in [5, 5.41) is 18.5. The summed E-state index contributed by atoms with van der Waals surface area (Å²) < 4.78 is 23.9. The molecule has 0 atom stereocenters. The Balaban J connectivity index is 1.20. The zero-order valence-corrected chi connectivity index (χ0v) is 27.3. The van der Waals surface area contributed by atoms with Crippen LogP contribution in [0.5, 0.6) is 0 Å². The number of aryl methyl sites for hydroxylation is 1. The van der Waals surface area contributed by atoms with E-state index in [1.807, 2.05) is 71.5 Å². The Hall–Kier alpha value is -4.88. The lowest BCUT2D eigenvalue weighted by atomic mass is 10.0. The minimum Gasteiger partial charge on any atom is -0.444 e. The molecular formula is C32H41FN10O3. The number of ether oxygens (including phenoxy) is 1. The van der Waals surface area contributed by atoms with Gasteiger partial charge in [0, 0.05) is 31.4 Å². The van der Waals surface area contributed by atoms with Crippen molar-refractivity contribution in [2.45, 2.75) is 85.0 Å². The van der Waals surface area contributed by atoms with E-state index < -0.39 is 11.4 Å². The molecule has 3 aromatic heterocycles. The third-order valence-electron chi connectivity index (χ3n) is 7.56. The highest BCUT2D eigenvalue weighted by Crippen LogP contribution is 2.27. The van der Waals surface area contributed by atoms with Gasteiger partial charge in [-0.05, 0) is 78.5 Å². The molecule has 0 saturated carbocycles. The van der Waals surface area contributed by atoms with Crippen LogP contribution in [0.15, 0.2) is 43.0 Å². The number of nitrogens with one attached hydrogen (secondary N) is 2. The number of hydrogen-bond acceptors (Lipinski definition) is 9. The van der Waals surface area contributed by atoms with Crippen LogP contribution in [0.25, 0.3) is 11.3 Å². The Morgan fingerprint density at radius 2 is 1.80 bits per heavy atom. The topological polar surface area (TPSA) is 145 Å². The molecule has 1 aliphatic rings. The smallest absolute Gasteiger partial charge is 0.410 e. The maximum absolute atomic E-state index is 14.9. The fourth-order valence-corrected chi connectivity index (χ4v) is 5.00. The van der Waals surface area contributed by atoms with E-state index in [0.717, 1.165) is 30.2 Å². The van der Waals surface area contributed by atoms with Gasteiger partial charge in [-0.25, -0.2) is 23.8 Å². The van der Waals surface area contributed by atoms with Gasteiger partial charge in [-0.3, -0.25) is 9.48 Å². The molecule has 4 aromatic rings. The Bertz CT molecular complexity index is 1710. The lowest BCUT2D eigenvalue weighted by molar-refractivity contribution is 0.0184. The first-order valence-corrected chi connectivity index (χ1v) is 15.3. The summed E-state index contributed by atoms with van der Waals surface area (Å²) in [6.07, 6.45) is 7.48. The average molecular weight is 633 g/mol. The van der Waals surface area contributed by atoms with Crippen LogP contribution in [-0.4, -0.2) is 70.3 Å². The molecule has 0 radical (unpaired) electrons. The van der Waals surface area contributed by atoms with Gasteiger partial charge >= 0.3 is 6.09 Å². The number of anilines is 2. The molecule has 1 saturated heterocycles. The lowest BCUT2D eigenvalue weighted by Gasteiger charge is -2.33. The average Bonchev–Trinajstić information content (AvgIpc) is 3.67. The second-order valence-corrected chi connectivity index (χ2v) is 13.5. The van der Waals surface area contributed by atoms with Crippen molar-refractivity contribution < 1.29 is 18.7 Å². The van der Waals surface area contributed by atoms with Gasteiger partial charge in [0.2, 0.25) is 5.95 Å². The largest absolute Gasteiger partial charge is 0.444 e. The summed E-state index contributed by atoms with van der Waals surface area (Å²) in [7, 11) is 0. The van der Waals surface area contributed by atoms with Crippen LogP contribution in [-0.2, 0) is 16.8 Å². The van der Waals surface area contributed by atoms with E-state index in [9.17, 15) is 14.0 Å². The van der Waals surface area contributed by atoms with Crippen molar-refractivity contribution in [1.29, 1.82) is 0 Å². The zero-order chi connectivity index (χ0) is 33.2. The van der Waals surface area contributed by atoms with Gasteiger partial charge in [0.15, 0.2) is 11.5 Å². The number of rotatable bonds is 7. The van der Waals surface area contributed by atoms with Gasteiger partial charge in [-0.2, -0.15) is 5.10 Å². The third-order valence-corrected chi connectivity index (χ3v) is 7.56. The molecule has 0 spiro atoms. The highest BCUT2D eigenvalue weighted by Gasteiger charge is 2.28. The summed E-state index contributed by atoms with van der Waals surface area (Å²) in [6.45, 7) is 14.8. The zero-order valence-electron chi connectivity index (χ0n) is 27.3. The van der Waals surface area contributed by atoms with Gasteiger partial charge in [0.05, 0.1) is 35.9 Å². The van der Waals surface area contributed by atoms with Gasteiger partial charge in [0.25, 0.3) is 5.91 Å². The number of amides is 2. The Kier molecular flexibility index (Phi) is 9.08. The maximum atomic E-state index is 14.9. The maximum Gasteiger partial charge on any atom is 0.410 e. The third kappa shape index (κ3) is 7.85. The predicted octanol–water partition coefficient (Wildman–Crippen LogP) is 5.38. The molecule has 0 unspecified atom stereocenters. The van der Waals surface area contributed by atoms with Crippen molar-refractivity contribution in [2.75, 3.05) is 18.4 Å². The van der Waals surface area contributed by atoms with Crippen molar-refractivity contribution in [1.82, 2.24) is 45.0 Å². The van der Waals surface area contributed by atoms with Crippen LogP contribution in [0.3, 0.4) is 0 Å². The fourth-order valence-electron chi connectivity index (χ4n) is 5.00. The van der Waals surface area contributed by atoms with E-state index in [1.54, 1.807) is 28.0 Å². The van der Waals surface area contributed by atoms with Crippen LogP contribution < -0.4 is 10.6 Å². The molecule has 4 heterocycles. The van der Waals surface area contributed by atoms with Crippen LogP contribution in [0.2, 0.25) is 0 Å². The molecule has 0 aliphatic carbocycles. The number of halogens is 1. The van der Waals surface area contributed by atoms with Crippen molar-refractivity contribution in [3.63, 3.8) is 0 Å². The number of likely N-dealkylation sites (tertiary alicyclic amines) is 1. The van der Waals surface area contributed by atoms with Gasteiger partial charge in [-0.1, -0.05) is 17.3 Å². The van der Waals surface area contributed by atoms with Crippen LogP contribution in [0.1, 0.15) is 82.0 Å². The molecule has 0 bridgehead atoms. The minimum absolute atomic E-state index is 0.127. The number of benzene rings is 1. The summed E-state index contributed by atoms with van der Waals surface area (Å²) in [5.74, 6) is -0.653. The molecule has 13 nitrogen and oxygen atoms in total. The quantitative estimate of drug-likeness (QED) is 0.274. The number of carbonyl (C=O) groups excluding carboxylic acids is 2. The van der Waals surface area contributed by atoms with E-state index >= 15 is 0 Å². The predicted molar refractivity (Wildman–Crippen MR) is 170 cm³/mol. The molecule has 5 rings (SSSR count). The first kappa shape index (κ1) is 32.5. The number of hydrogen-bond donors (Lipinski definition) is 2. The molecule has 1 aromatic carbocycles. The summed E-state index contributed by atoms with van der Waals surface area (Å²) in [4.78, 5) is 35.3. The number of piperidine rings is 1. The standard InChI is InChI=1S/C32H41FN10O3/c1-20-14-21(8-9-22(20)15-34-28(44)26-19-43(40-39-26)31(2,3)4)27-25(33)17-35-29(38-27)37-23-16-36-42(18-23)24-10-12-41(13-11-24)30(45)46-32(5,6)7/h8-9,14,16-19,24H,10-13,15H2,1-7H3,(H,34,44)(H,35,37,38). The van der Waals surface area contributed by atoms with Crippen molar-refractivity contribution in [2.24, 2.45) is 0 Å². The SMILES string of the molecule is Cc1cc(-c2nc(Nc3cnn(C4CCN(C(=O)OC(C)(C)C)CC4)c3)ncc2F)ccc1CNC(=O)c1cn(C(C)(C)C)nn1. The van der Waals surface area contributed by atoms with E-state index in [-0.39, 0.29) is 47.5 Å². The number of nitrogens with zero attached hydrogens (tertiary/aromatic N) is 8. The molecule has 1 aliphatic heterocycles. The first-order valence-electron chi connectivity index (χ1n) is 15.3. The molecule has 1 fully saturated rings. The van der Waals surface area contributed by atoms with Crippen LogP contribution >= 0.6 is 0 Å². The highest BCUT2D eigenvalue weighted by molar-refractivity contribution is 5.91. The molecular weight excluding hydrogens is 591 g/mol. The first-order chi connectivity index (χ1) is 21.7. The van der Waals surface area contributed by atoms with E-state index in [1.165, 1.54) is 0 Å². The highest BCUT2D eigenvalue weighted by atomic mass is 19.1. The molecule has 2 amide bonds. The monoisotopic (exact) mass is 632 g/mol. The summed E-state index contributed by atoms with van der Waals surface area (Å²) in [6, 6.07) is 5.56. The van der Waals surface area contributed by atoms with E-state index in [4.69, 9.17) is 4.74 Å². The van der Waals surface area contributed by atoms with Crippen molar-refractivity contribution in [3.8, 4) is 11.3 Å². The second-order valence-electron chi connectivity index (χ2n) is 13.5. The number of carbonyl (C=O) groups is 2. The summed E-state index contributed by atoms with van der Waals surface area (Å²) in [5.41, 5.74) is 2.55. The Morgan fingerprint density at radius 1 is 1.07 bits per heavy atom. The minimum atomic E-state index is -0.555. The number of aromatic nitrogens is 7. The Labute approximate surface area is 267 Å². The van der Waals surface area contributed by atoms with Gasteiger partial charge in [-0.15, -0.1) is 5.10 Å². The van der Waals surface area contributed by atoms with Crippen LogP contribution in [0, 0.1) is 12.7 Å². The molecule has 46 heavy (non-hydrogen) atoms.